The van der Waals surface area contributed by atoms with Gasteiger partial charge in [-0.15, -0.1) is 0 Å². The molecule has 3 aliphatic heterocycles. The van der Waals surface area contributed by atoms with E-state index >= 15 is 0 Å². The Balaban J connectivity index is 1.87. The van der Waals surface area contributed by atoms with Crippen LogP contribution in [0.2, 0.25) is 0 Å². The molecule has 1 unspecified atom stereocenters. The third-order valence-electron chi connectivity index (χ3n) is 4.52. The second kappa shape index (κ2) is 4.67. The Morgan fingerprint density at radius 3 is 2.61 bits per heavy atom. The molecule has 0 aromatic heterocycles. The molecular formula is C14H23N3O. The van der Waals surface area contributed by atoms with Crippen molar-refractivity contribution in [1.82, 2.24) is 9.80 Å². The highest BCUT2D eigenvalue weighted by atomic mass is 16.5. The molecule has 0 aromatic rings. The number of morpholine rings is 1. The molecule has 3 heterocycles. The first-order valence-electron chi connectivity index (χ1n) is 7.03. The summed E-state index contributed by atoms with van der Waals surface area (Å²) in [6.45, 7) is 11.6. The van der Waals surface area contributed by atoms with Gasteiger partial charge in [-0.3, -0.25) is 9.89 Å². The average Bonchev–Trinajstić information content (AvgIpc) is 2.82. The molecule has 0 amide bonds. The molecule has 2 fully saturated rings. The highest BCUT2D eigenvalue weighted by Gasteiger charge is 2.38. The Bertz CT molecular complexity index is 396. The van der Waals surface area contributed by atoms with Crippen LogP contribution in [0.25, 0.3) is 0 Å². The van der Waals surface area contributed by atoms with Gasteiger partial charge in [-0.1, -0.05) is 0 Å². The zero-order valence-electron chi connectivity index (χ0n) is 11.6. The number of fused-ring (bicyclic) bond motifs is 1. The Kier molecular flexibility index (Phi) is 3.16. The molecule has 2 saturated heterocycles. The maximum atomic E-state index is 5.47. The molecule has 0 radical (unpaired) electrons. The van der Waals surface area contributed by atoms with E-state index in [4.69, 9.17) is 9.73 Å². The predicted octanol–water partition coefficient (Wildman–Crippen LogP) is 1.49. The van der Waals surface area contributed by atoms with Gasteiger partial charge in [0.2, 0.25) is 0 Å². The van der Waals surface area contributed by atoms with Crippen LogP contribution in [0.5, 0.6) is 0 Å². The summed E-state index contributed by atoms with van der Waals surface area (Å²) in [5, 5.41) is 0. The molecule has 3 aliphatic rings. The van der Waals surface area contributed by atoms with Crippen molar-refractivity contribution in [3.63, 3.8) is 0 Å². The minimum absolute atomic E-state index is 0.345. The first kappa shape index (κ1) is 12.2. The van der Waals surface area contributed by atoms with Gasteiger partial charge in [-0.2, -0.15) is 0 Å². The number of ether oxygens (including phenoxy) is 1. The summed E-state index contributed by atoms with van der Waals surface area (Å²) in [4.78, 5) is 9.74. The molecule has 0 bridgehead atoms. The fraction of sp³-hybridized carbons (Fsp3) is 0.786. The van der Waals surface area contributed by atoms with E-state index in [-0.39, 0.29) is 0 Å². The number of aliphatic imine (C=N–C) groups is 1. The minimum atomic E-state index is 0.345. The first-order chi connectivity index (χ1) is 8.68. The van der Waals surface area contributed by atoms with Gasteiger partial charge in [0.05, 0.1) is 25.3 Å². The van der Waals surface area contributed by atoms with Gasteiger partial charge in [-0.05, 0) is 32.8 Å². The van der Waals surface area contributed by atoms with E-state index in [0.29, 0.717) is 12.1 Å². The molecule has 2 atom stereocenters. The number of rotatable bonds is 1. The maximum absolute atomic E-state index is 5.47. The first-order valence-corrected chi connectivity index (χ1v) is 7.03. The normalized spacial score (nSPS) is 33.7. The molecule has 0 aliphatic carbocycles. The molecule has 4 heteroatoms. The lowest BCUT2D eigenvalue weighted by Gasteiger charge is -2.37. The van der Waals surface area contributed by atoms with Crippen molar-refractivity contribution >= 4 is 5.84 Å². The van der Waals surface area contributed by atoms with Gasteiger partial charge in [0.25, 0.3) is 0 Å². The summed E-state index contributed by atoms with van der Waals surface area (Å²) < 4.78 is 5.47. The van der Waals surface area contributed by atoms with Gasteiger partial charge in [0.1, 0.15) is 5.84 Å². The lowest BCUT2D eigenvalue weighted by molar-refractivity contribution is 0.0242. The third kappa shape index (κ3) is 1.88. The van der Waals surface area contributed by atoms with Crippen molar-refractivity contribution in [2.45, 2.75) is 39.3 Å². The van der Waals surface area contributed by atoms with Crippen LogP contribution in [0.3, 0.4) is 0 Å². The van der Waals surface area contributed by atoms with Gasteiger partial charge in [-0.25, -0.2) is 0 Å². The van der Waals surface area contributed by atoms with Crippen LogP contribution in [-0.2, 0) is 4.74 Å². The Morgan fingerprint density at radius 2 is 1.89 bits per heavy atom. The molecular weight excluding hydrogens is 226 g/mol. The largest absolute Gasteiger partial charge is 0.379 e. The SMILES string of the molecule is CC1=N[C@@H](C)C(C)=C2C(N3CCOCC3)CCN12. The lowest BCUT2D eigenvalue weighted by Crippen LogP contribution is -2.45. The zero-order valence-corrected chi connectivity index (χ0v) is 11.6. The van der Waals surface area contributed by atoms with Crippen LogP contribution in [0, 0.1) is 0 Å². The van der Waals surface area contributed by atoms with E-state index < -0.39 is 0 Å². The topological polar surface area (TPSA) is 28.1 Å². The summed E-state index contributed by atoms with van der Waals surface area (Å²) in [7, 11) is 0. The summed E-state index contributed by atoms with van der Waals surface area (Å²) in [5.74, 6) is 1.19. The van der Waals surface area contributed by atoms with Crippen molar-refractivity contribution in [2.75, 3.05) is 32.8 Å². The summed E-state index contributed by atoms with van der Waals surface area (Å²) in [5.41, 5.74) is 2.98. The van der Waals surface area contributed by atoms with Crippen LogP contribution >= 0.6 is 0 Å². The minimum Gasteiger partial charge on any atom is -0.379 e. The zero-order chi connectivity index (χ0) is 12.7. The monoisotopic (exact) mass is 249 g/mol. The van der Waals surface area contributed by atoms with E-state index in [2.05, 4.69) is 30.6 Å². The van der Waals surface area contributed by atoms with E-state index in [9.17, 15) is 0 Å². The number of amidine groups is 1. The fourth-order valence-electron chi connectivity index (χ4n) is 3.41. The van der Waals surface area contributed by atoms with E-state index in [1.165, 1.54) is 23.5 Å². The number of nitrogens with zero attached hydrogens (tertiary/aromatic N) is 3. The highest BCUT2D eigenvalue weighted by Crippen LogP contribution is 2.34. The van der Waals surface area contributed by atoms with Gasteiger partial charge in [0, 0.05) is 25.3 Å². The lowest BCUT2D eigenvalue weighted by atomic mass is 10.0. The van der Waals surface area contributed by atoms with Gasteiger partial charge < -0.3 is 9.64 Å². The summed E-state index contributed by atoms with van der Waals surface area (Å²) in [6, 6.07) is 0.930. The standard InChI is InChI=1S/C14H23N3O/c1-10-11(2)15-12(3)17-5-4-13(14(10)17)16-6-8-18-9-7-16/h11,13H,4-9H2,1-3H3/t11-,13?/m0/s1. The predicted molar refractivity (Wildman–Crippen MR) is 72.8 cm³/mol. The Labute approximate surface area is 109 Å². The van der Waals surface area contributed by atoms with Crippen LogP contribution < -0.4 is 0 Å². The summed E-state index contributed by atoms with van der Waals surface area (Å²) in [6.07, 6.45) is 1.23. The van der Waals surface area contributed by atoms with Gasteiger partial charge >= 0.3 is 0 Å². The van der Waals surface area contributed by atoms with Crippen molar-refractivity contribution in [2.24, 2.45) is 4.99 Å². The smallest absolute Gasteiger partial charge is 0.101 e. The van der Waals surface area contributed by atoms with Crippen molar-refractivity contribution in [3.05, 3.63) is 11.3 Å². The van der Waals surface area contributed by atoms with Crippen molar-refractivity contribution < 1.29 is 4.74 Å². The summed E-state index contributed by atoms with van der Waals surface area (Å²) >= 11 is 0. The molecule has 0 aromatic carbocycles. The van der Waals surface area contributed by atoms with Crippen LogP contribution in [-0.4, -0.2) is 60.6 Å². The quantitative estimate of drug-likeness (QED) is 0.705. The second-order valence-corrected chi connectivity index (χ2v) is 5.52. The number of hydrogen-bond acceptors (Lipinski definition) is 4. The molecule has 4 nitrogen and oxygen atoms in total. The van der Waals surface area contributed by atoms with Gasteiger partial charge in [0.15, 0.2) is 0 Å². The van der Waals surface area contributed by atoms with Crippen molar-refractivity contribution in [3.8, 4) is 0 Å². The number of hydrogen-bond donors (Lipinski definition) is 0. The Hall–Kier alpha value is -0.870. The fourth-order valence-corrected chi connectivity index (χ4v) is 3.41. The Morgan fingerprint density at radius 1 is 1.17 bits per heavy atom. The van der Waals surface area contributed by atoms with Crippen LogP contribution in [0.15, 0.2) is 16.3 Å². The molecule has 0 saturated carbocycles. The van der Waals surface area contributed by atoms with Crippen LogP contribution in [0.1, 0.15) is 27.2 Å². The molecule has 3 rings (SSSR count). The second-order valence-electron chi connectivity index (χ2n) is 5.52. The molecule has 18 heavy (non-hydrogen) atoms. The highest BCUT2D eigenvalue weighted by molar-refractivity contribution is 5.84. The molecule has 0 spiro atoms. The van der Waals surface area contributed by atoms with E-state index in [0.717, 1.165) is 32.8 Å². The van der Waals surface area contributed by atoms with E-state index in [1.54, 1.807) is 0 Å². The third-order valence-corrected chi connectivity index (χ3v) is 4.52. The van der Waals surface area contributed by atoms with Crippen LogP contribution in [0.4, 0.5) is 0 Å². The van der Waals surface area contributed by atoms with Crippen molar-refractivity contribution in [1.29, 1.82) is 0 Å². The molecule has 100 valence electrons. The maximum Gasteiger partial charge on any atom is 0.101 e. The average molecular weight is 249 g/mol. The van der Waals surface area contributed by atoms with E-state index in [1.807, 2.05) is 0 Å². The molecule has 0 N–H and O–H groups in total.